The normalized spacial score (nSPS) is 16.0. The van der Waals surface area contributed by atoms with Crippen molar-refractivity contribution in [3.05, 3.63) is 24.4 Å². The van der Waals surface area contributed by atoms with Crippen molar-refractivity contribution in [3.8, 4) is 0 Å². The fourth-order valence-corrected chi connectivity index (χ4v) is 1.98. The Bertz CT molecular complexity index is 528. The minimum absolute atomic E-state index is 0.133. The molecular formula is C12H13N3O. The zero-order chi connectivity index (χ0) is 11.0. The number of hydrogen-bond acceptors (Lipinski definition) is 2. The fraction of sp³-hybridized carbons (Fsp3) is 0.333. The number of anilines is 1. The van der Waals surface area contributed by atoms with Crippen LogP contribution in [-0.4, -0.2) is 16.1 Å². The minimum Gasteiger partial charge on any atom is -0.324 e. The highest BCUT2D eigenvalue weighted by Gasteiger charge is 2.25. The van der Waals surface area contributed by atoms with Gasteiger partial charge in [0.2, 0.25) is 5.91 Å². The number of fused-ring (bicyclic) bond motifs is 1. The number of aromatic amines is 1. The first-order chi connectivity index (χ1) is 7.84. The van der Waals surface area contributed by atoms with E-state index in [0.29, 0.717) is 0 Å². The van der Waals surface area contributed by atoms with Crippen LogP contribution in [0.5, 0.6) is 0 Å². The van der Waals surface area contributed by atoms with Crippen LogP contribution in [0.25, 0.3) is 10.9 Å². The maximum atomic E-state index is 11.8. The van der Waals surface area contributed by atoms with Crippen LogP contribution in [0.2, 0.25) is 0 Å². The molecule has 0 bridgehead atoms. The highest BCUT2D eigenvalue weighted by atomic mass is 16.1. The van der Waals surface area contributed by atoms with Gasteiger partial charge in [-0.3, -0.25) is 9.89 Å². The summed E-state index contributed by atoms with van der Waals surface area (Å²) in [6, 6.07) is 5.79. The average Bonchev–Trinajstić information content (AvgIpc) is 2.63. The van der Waals surface area contributed by atoms with Crippen molar-refractivity contribution in [3.63, 3.8) is 0 Å². The number of aromatic nitrogens is 2. The molecule has 0 radical (unpaired) electrons. The molecule has 1 fully saturated rings. The molecule has 82 valence electrons. The van der Waals surface area contributed by atoms with E-state index in [9.17, 15) is 4.79 Å². The van der Waals surface area contributed by atoms with Gasteiger partial charge < -0.3 is 5.32 Å². The number of carbonyl (C=O) groups excluding carboxylic acids is 1. The van der Waals surface area contributed by atoms with Crippen LogP contribution >= 0.6 is 0 Å². The van der Waals surface area contributed by atoms with Gasteiger partial charge in [0.1, 0.15) is 0 Å². The molecule has 4 heteroatoms. The number of para-hydroxylation sites is 1. The number of H-pyrrole nitrogens is 1. The number of hydrogen-bond donors (Lipinski definition) is 2. The van der Waals surface area contributed by atoms with Gasteiger partial charge in [0, 0.05) is 11.3 Å². The summed E-state index contributed by atoms with van der Waals surface area (Å²) in [5.41, 5.74) is 1.72. The Morgan fingerprint density at radius 2 is 2.31 bits per heavy atom. The lowest BCUT2D eigenvalue weighted by Crippen LogP contribution is -2.28. The largest absolute Gasteiger partial charge is 0.324 e. The maximum absolute atomic E-state index is 11.8. The molecule has 0 saturated heterocycles. The molecule has 1 amide bonds. The van der Waals surface area contributed by atoms with Crippen LogP contribution in [0.15, 0.2) is 24.4 Å². The van der Waals surface area contributed by atoms with Crippen molar-refractivity contribution in [2.24, 2.45) is 5.92 Å². The third-order valence-electron chi connectivity index (χ3n) is 3.21. The van der Waals surface area contributed by atoms with E-state index < -0.39 is 0 Å². The molecule has 1 heterocycles. The number of nitrogens with zero attached hydrogens (tertiary/aromatic N) is 1. The molecule has 1 aliphatic rings. The van der Waals surface area contributed by atoms with E-state index in [2.05, 4.69) is 15.5 Å². The first-order valence-corrected chi connectivity index (χ1v) is 5.57. The second kappa shape index (κ2) is 3.63. The van der Waals surface area contributed by atoms with Gasteiger partial charge in [-0.15, -0.1) is 0 Å². The van der Waals surface area contributed by atoms with Crippen molar-refractivity contribution >= 4 is 22.5 Å². The van der Waals surface area contributed by atoms with Crippen LogP contribution in [-0.2, 0) is 4.79 Å². The Kier molecular flexibility index (Phi) is 2.13. The quantitative estimate of drug-likeness (QED) is 0.807. The summed E-state index contributed by atoms with van der Waals surface area (Å²) in [5, 5.41) is 10.9. The fourth-order valence-electron chi connectivity index (χ4n) is 1.98. The zero-order valence-electron chi connectivity index (χ0n) is 8.86. The van der Waals surface area contributed by atoms with Crippen molar-refractivity contribution < 1.29 is 4.79 Å². The number of nitrogens with one attached hydrogen (secondary N) is 2. The first kappa shape index (κ1) is 9.39. The lowest BCUT2D eigenvalue weighted by atomic mass is 9.85. The smallest absolute Gasteiger partial charge is 0.227 e. The summed E-state index contributed by atoms with van der Waals surface area (Å²) in [5.74, 6) is 0.339. The number of rotatable bonds is 2. The van der Waals surface area contributed by atoms with E-state index in [0.717, 1.165) is 29.4 Å². The van der Waals surface area contributed by atoms with Crippen LogP contribution in [0.4, 0.5) is 5.69 Å². The molecule has 0 unspecified atom stereocenters. The summed E-state index contributed by atoms with van der Waals surface area (Å²) in [6.45, 7) is 0. The van der Waals surface area contributed by atoms with Crippen LogP contribution in [0.1, 0.15) is 19.3 Å². The van der Waals surface area contributed by atoms with E-state index in [1.54, 1.807) is 6.20 Å². The highest BCUT2D eigenvalue weighted by Crippen LogP contribution is 2.28. The van der Waals surface area contributed by atoms with Gasteiger partial charge >= 0.3 is 0 Å². The summed E-state index contributed by atoms with van der Waals surface area (Å²) < 4.78 is 0. The predicted molar refractivity (Wildman–Crippen MR) is 62.1 cm³/mol. The topological polar surface area (TPSA) is 57.8 Å². The molecule has 2 N–H and O–H groups in total. The Morgan fingerprint density at radius 1 is 1.44 bits per heavy atom. The lowest BCUT2D eigenvalue weighted by molar-refractivity contribution is -0.122. The molecule has 16 heavy (non-hydrogen) atoms. The van der Waals surface area contributed by atoms with E-state index in [1.807, 2.05) is 18.2 Å². The maximum Gasteiger partial charge on any atom is 0.227 e. The predicted octanol–water partition coefficient (Wildman–Crippen LogP) is 2.30. The summed E-state index contributed by atoms with van der Waals surface area (Å²) in [4.78, 5) is 11.8. The molecule has 3 rings (SSSR count). The van der Waals surface area contributed by atoms with Gasteiger partial charge in [-0.1, -0.05) is 18.6 Å². The average molecular weight is 215 g/mol. The van der Waals surface area contributed by atoms with Gasteiger partial charge in [-0.25, -0.2) is 0 Å². The summed E-state index contributed by atoms with van der Waals surface area (Å²) >= 11 is 0. The van der Waals surface area contributed by atoms with Gasteiger partial charge in [0.25, 0.3) is 0 Å². The van der Waals surface area contributed by atoms with Crippen molar-refractivity contribution in [1.82, 2.24) is 10.2 Å². The Balaban J connectivity index is 1.88. The minimum atomic E-state index is 0.133. The van der Waals surface area contributed by atoms with Crippen molar-refractivity contribution in [2.45, 2.75) is 19.3 Å². The van der Waals surface area contributed by atoms with Gasteiger partial charge in [0.05, 0.1) is 17.4 Å². The molecule has 1 aromatic carbocycles. The molecule has 1 aliphatic carbocycles. The highest BCUT2D eigenvalue weighted by molar-refractivity contribution is 6.01. The molecular weight excluding hydrogens is 202 g/mol. The molecule has 0 spiro atoms. The van der Waals surface area contributed by atoms with Crippen molar-refractivity contribution in [1.29, 1.82) is 0 Å². The van der Waals surface area contributed by atoms with Crippen molar-refractivity contribution in [2.75, 3.05) is 5.32 Å². The molecule has 0 aliphatic heterocycles. The summed E-state index contributed by atoms with van der Waals surface area (Å²) in [6.07, 6.45) is 4.97. The van der Waals surface area contributed by atoms with Crippen LogP contribution in [0.3, 0.4) is 0 Å². The van der Waals surface area contributed by atoms with E-state index >= 15 is 0 Å². The lowest BCUT2D eigenvalue weighted by Gasteiger charge is -2.24. The third kappa shape index (κ3) is 1.46. The number of benzene rings is 1. The number of amides is 1. The molecule has 2 aromatic rings. The standard InChI is InChI=1S/C12H13N3O/c16-12(8-3-1-4-8)14-10-6-2-5-9-7-13-15-11(9)10/h2,5-8H,1,3-4H2,(H,13,15)(H,14,16). The monoisotopic (exact) mass is 215 g/mol. The molecule has 0 atom stereocenters. The number of carbonyl (C=O) groups is 1. The molecule has 1 aromatic heterocycles. The second-order valence-corrected chi connectivity index (χ2v) is 4.26. The van der Waals surface area contributed by atoms with Crippen LogP contribution < -0.4 is 5.32 Å². The SMILES string of the molecule is O=C(Nc1cccc2cn[nH]c12)C1CCC1. The summed E-state index contributed by atoms with van der Waals surface area (Å²) in [7, 11) is 0. The Morgan fingerprint density at radius 3 is 3.06 bits per heavy atom. The first-order valence-electron chi connectivity index (χ1n) is 5.57. The zero-order valence-corrected chi connectivity index (χ0v) is 8.86. The van der Waals surface area contributed by atoms with Gasteiger partial charge in [-0.2, -0.15) is 5.10 Å². The van der Waals surface area contributed by atoms with E-state index in [1.165, 1.54) is 6.42 Å². The Hall–Kier alpha value is -1.84. The van der Waals surface area contributed by atoms with Crippen LogP contribution in [0, 0.1) is 5.92 Å². The van der Waals surface area contributed by atoms with E-state index in [-0.39, 0.29) is 11.8 Å². The van der Waals surface area contributed by atoms with Gasteiger partial charge in [0.15, 0.2) is 0 Å². The molecule has 4 nitrogen and oxygen atoms in total. The Labute approximate surface area is 93.0 Å². The van der Waals surface area contributed by atoms with E-state index in [4.69, 9.17) is 0 Å². The second-order valence-electron chi connectivity index (χ2n) is 4.26. The van der Waals surface area contributed by atoms with Gasteiger partial charge in [-0.05, 0) is 18.9 Å². The third-order valence-corrected chi connectivity index (χ3v) is 3.21. The molecule has 1 saturated carbocycles.